The van der Waals surface area contributed by atoms with Gasteiger partial charge in [-0.25, -0.2) is 9.78 Å². The largest absolute Gasteiger partial charge is 0.467 e. The zero-order chi connectivity index (χ0) is 20.5. The lowest BCUT2D eigenvalue weighted by Crippen LogP contribution is -2.38. The molecule has 160 valence electrons. The third-order valence-corrected chi connectivity index (χ3v) is 6.79. The summed E-state index contributed by atoms with van der Waals surface area (Å²) in [7, 11) is 1.44. The third kappa shape index (κ3) is 3.63. The number of hydrogen-bond acceptors (Lipinski definition) is 7. The Hall–Kier alpha value is -2.64. The summed E-state index contributed by atoms with van der Waals surface area (Å²) in [6.45, 7) is 0.770. The number of H-pyrrole nitrogens is 1. The van der Waals surface area contributed by atoms with Crippen LogP contribution < -0.4 is 10.2 Å². The van der Waals surface area contributed by atoms with Crippen molar-refractivity contribution in [3.05, 3.63) is 23.0 Å². The molecule has 2 fully saturated rings. The van der Waals surface area contributed by atoms with Crippen LogP contribution in [-0.4, -0.2) is 45.8 Å². The Balaban J connectivity index is 1.45. The van der Waals surface area contributed by atoms with Crippen molar-refractivity contribution in [2.75, 3.05) is 23.9 Å². The number of carbonyl (C=O) groups is 1. The van der Waals surface area contributed by atoms with E-state index in [1.165, 1.54) is 44.1 Å². The Bertz CT molecular complexity index is 920. The number of carbonyl (C=O) groups excluding carboxylic acids is 1. The fourth-order valence-electron chi connectivity index (χ4n) is 5.17. The van der Waals surface area contributed by atoms with Crippen LogP contribution in [0.3, 0.4) is 0 Å². The molecule has 1 saturated heterocycles. The molecule has 30 heavy (non-hydrogen) atoms. The van der Waals surface area contributed by atoms with Crippen molar-refractivity contribution in [1.82, 2.24) is 20.2 Å². The number of aryl methyl sites for hydroxylation is 1. The van der Waals surface area contributed by atoms with Gasteiger partial charge in [0.1, 0.15) is 11.9 Å². The maximum atomic E-state index is 12.2. The minimum absolute atomic E-state index is 0.211. The number of fused-ring (bicyclic) bond motifs is 1. The first-order chi connectivity index (χ1) is 14.7. The molecule has 1 atom stereocenters. The summed E-state index contributed by atoms with van der Waals surface area (Å²) >= 11 is 0. The van der Waals surface area contributed by atoms with Gasteiger partial charge in [0.2, 0.25) is 5.95 Å². The molecule has 3 aliphatic rings. The predicted molar refractivity (Wildman–Crippen MR) is 114 cm³/mol. The van der Waals surface area contributed by atoms with Gasteiger partial charge in [-0.05, 0) is 51.4 Å². The quantitative estimate of drug-likeness (QED) is 0.727. The fraction of sp³-hybridized carbons (Fsp3) is 0.636. The zero-order valence-electron chi connectivity index (χ0n) is 17.6. The summed E-state index contributed by atoms with van der Waals surface area (Å²) in [4.78, 5) is 24.0. The number of nitrogens with zero attached hydrogens (tertiary/aromatic N) is 4. The first-order valence-electron chi connectivity index (χ1n) is 11.3. The highest BCUT2D eigenvalue weighted by Gasteiger charge is 2.34. The molecule has 2 aromatic heterocycles. The van der Waals surface area contributed by atoms with Crippen molar-refractivity contribution < 1.29 is 9.53 Å². The standard InChI is InChI=1S/C22H30N6O2/c1-30-21(29)18-11-6-12-28(18)22-23-16-10-5-4-9-15(16)20(25-22)24-19-13-17(26-27-19)14-7-2-3-8-14/h13-14,18H,2-12H2,1H3,(H2,23,24,25,26,27). The second-order valence-corrected chi connectivity index (χ2v) is 8.69. The molecular weight excluding hydrogens is 380 g/mol. The highest BCUT2D eigenvalue weighted by atomic mass is 16.5. The molecule has 8 nitrogen and oxygen atoms in total. The van der Waals surface area contributed by atoms with E-state index in [2.05, 4.69) is 21.6 Å². The lowest BCUT2D eigenvalue weighted by Gasteiger charge is -2.26. The second-order valence-electron chi connectivity index (χ2n) is 8.69. The van der Waals surface area contributed by atoms with Crippen LogP contribution in [0.25, 0.3) is 0 Å². The Morgan fingerprint density at radius 2 is 1.97 bits per heavy atom. The molecule has 1 aliphatic heterocycles. The van der Waals surface area contributed by atoms with Gasteiger partial charge in [0, 0.05) is 29.8 Å². The van der Waals surface area contributed by atoms with Crippen molar-refractivity contribution >= 4 is 23.6 Å². The molecule has 0 bridgehead atoms. The SMILES string of the molecule is COC(=O)C1CCCN1c1nc2c(c(Nc3cc(C4CCCC4)[nH]n3)n1)CCCC2. The maximum absolute atomic E-state index is 12.2. The predicted octanol–water partition coefficient (Wildman–Crippen LogP) is 3.62. The minimum Gasteiger partial charge on any atom is -0.467 e. The van der Waals surface area contributed by atoms with Crippen LogP contribution in [0.4, 0.5) is 17.6 Å². The number of aromatic amines is 1. The topological polar surface area (TPSA) is 96.0 Å². The summed E-state index contributed by atoms with van der Waals surface area (Å²) in [5.74, 6) is 2.64. The summed E-state index contributed by atoms with van der Waals surface area (Å²) < 4.78 is 5.01. The van der Waals surface area contributed by atoms with E-state index in [0.717, 1.165) is 62.4 Å². The van der Waals surface area contributed by atoms with E-state index >= 15 is 0 Å². The van der Waals surface area contributed by atoms with E-state index < -0.39 is 0 Å². The Labute approximate surface area is 176 Å². The van der Waals surface area contributed by atoms with Gasteiger partial charge < -0.3 is 15.0 Å². The average Bonchev–Trinajstić information content (AvgIpc) is 3.54. The fourth-order valence-corrected chi connectivity index (χ4v) is 5.17. The molecule has 8 heteroatoms. The third-order valence-electron chi connectivity index (χ3n) is 6.79. The van der Waals surface area contributed by atoms with Crippen LogP contribution in [0, 0.1) is 0 Å². The number of esters is 1. The molecule has 2 aromatic rings. The van der Waals surface area contributed by atoms with Gasteiger partial charge in [0.25, 0.3) is 0 Å². The highest BCUT2D eigenvalue weighted by molar-refractivity contribution is 5.80. The van der Waals surface area contributed by atoms with Gasteiger partial charge >= 0.3 is 5.97 Å². The van der Waals surface area contributed by atoms with Crippen LogP contribution in [0.5, 0.6) is 0 Å². The zero-order valence-corrected chi connectivity index (χ0v) is 17.6. The minimum atomic E-state index is -0.302. The number of methoxy groups -OCH3 is 1. The molecule has 0 aromatic carbocycles. The number of ether oxygens (including phenoxy) is 1. The van der Waals surface area contributed by atoms with Gasteiger partial charge in [-0.2, -0.15) is 10.1 Å². The highest BCUT2D eigenvalue weighted by Crippen LogP contribution is 2.35. The van der Waals surface area contributed by atoms with E-state index in [-0.39, 0.29) is 12.0 Å². The average molecular weight is 411 g/mol. The van der Waals surface area contributed by atoms with Gasteiger partial charge in [-0.1, -0.05) is 12.8 Å². The molecule has 2 N–H and O–H groups in total. The van der Waals surface area contributed by atoms with Gasteiger partial charge in [-0.3, -0.25) is 5.10 Å². The Morgan fingerprint density at radius 3 is 2.80 bits per heavy atom. The molecule has 0 amide bonds. The van der Waals surface area contributed by atoms with Gasteiger partial charge in [-0.15, -0.1) is 0 Å². The van der Waals surface area contributed by atoms with Crippen LogP contribution in [0.2, 0.25) is 0 Å². The van der Waals surface area contributed by atoms with Crippen LogP contribution >= 0.6 is 0 Å². The smallest absolute Gasteiger partial charge is 0.328 e. The van der Waals surface area contributed by atoms with Crippen molar-refractivity contribution in [2.24, 2.45) is 0 Å². The first-order valence-corrected chi connectivity index (χ1v) is 11.3. The molecule has 1 unspecified atom stereocenters. The van der Waals surface area contributed by atoms with E-state index in [1.54, 1.807) is 0 Å². The van der Waals surface area contributed by atoms with Crippen LogP contribution in [0.1, 0.15) is 74.2 Å². The molecule has 2 aliphatic carbocycles. The Morgan fingerprint density at radius 1 is 1.13 bits per heavy atom. The van der Waals surface area contributed by atoms with E-state index in [4.69, 9.17) is 14.7 Å². The first kappa shape index (κ1) is 19.3. The van der Waals surface area contributed by atoms with Crippen molar-refractivity contribution in [3.8, 4) is 0 Å². The second kappa shape index (κ2) is 8.24. The number of rotatable bonds is 5. The molecule has 0 spiro atoms. The van der Waals surface area contributed by atoms with Crippen molar-refractivity contribution in [2.45, 2.75) is 76.2 Å². The lowest BCUT2D eigenvalue weighted by atomic mass is 9.96. The number of nitrogens with one attached hydrogen (secondary N) is 2. The summed E-state index contributed by atoms with van der Waals surface area (Å²) in [6, 6.07) is 1.82. The number of aromatic nitrogens is 4. The lowest BCUT2D eigenvalue weighted by molar-refractivity contribution is -0.141. The van der Waals surface area contributed by atoms with E-state index in [9.17, 15) is 4.79 Å². The number of hydrogen-bond donors (Lipinski definition) is 2. The van der Waals surface area contributed by atoms with E-state index in [0.29, 0.717) is 11.9 Å². The van der Waals surface area contributed by atoms with Gasteiger partial charge in [0.05, 0.1) is 12.8 Å². The molecule has 0 radical (unpaired) electrons. The van der Waals surface area contributed by atoms with Crippen molar-refractivity contribution in [3.63, 3.8) is 0 Å². The Kier molecular flexibility index (Phi) is 5.31. The van der Waals surface area contributed by atoms with E-state index in [1.807, 2.05) is 4.90 Å². The number of anilines is 3. The molecule has 5 rings (SSSR count). The van der Waals surface area contributed by atoms with Gasteiger partial charge in [0.15, 0.2) is 5.82 Å². The molecular formula is C22H30N6O2. The normalized spacial score (nSPS) is 21.6. The molecule has 1 saturated carbocycles. The summed E-state index contributed by atoms with van der Waals surface area (Å²) in [5, 5.41) is 11.2. The van der Waals surface area contributed by atoms with Crippen LogP contribution in [-0.2, 0) is 22.4 Å². The monoisotopic (exact) mass is 410 g/mol. The maximum Gasteiger partial charge on any atom is 0.328 e. The van der Waals surface area contributed by atoms with Crippen LogP contribution in [0.15, 0.2) is 6.07 Å². The van der Waals surface area contributed by atoms with Crippen molar-refractivity contribution in [1.29, 1.82) is 0 Å². The summed E-state index contributed by atoms with van der Waals surface area (Å²) in [5.41, 5.74) is 3.49. The summed E-state index contributed by atoms with van der Waals surface area (Å²) in [6.07, 6.45) is 11.0. The molecule has 3 heterocycles.